The second-order valence-electron chi connectivity index (χ2n) is 7.82. The highest BCUT2D eigenvalue weighted by Crippen LogP contribution is 2.34. The summed E-state index contributed by atoms with van der Waals surface area (Å²) in [6.07, 6.45) is 7.34. The number of hydrogen-bond acceptors (Lipinski definition) is 11. The molecular weight excluding hydrogens is 508 g/mol. The second-order valence-corrected chi connectivity index (χ2v) is 10.6. The maximum atomic E-state index is 13.6. The van der Waals surface area contributed by atoms with Gasteiger partial charge in [0.1, 0.15) is 17.2 Å². The molecule has 0 fully saturated rings. The van der Waals surface area contributed by atoms with Gasteiger partial charge in [-0.1, -0.05) is 18.5 Å². The molecule has 0 radical (unpaired) electrons. The number of aromatic nitrogens is 8. The molecule has 188 valence electrons. The van der Waals surface area contributed by atoms with Gasteiger partial charge in [-0.05, 0) is 19.1 Å². The first-order valence-corrected chi connectivity index (χ1v) is 12.8. The molecule has 2 atom stereocenters. The van der Waals surface area contributed by atoms with Crippen LogP contribution in [0, 0.1) is 0 Å². The normalized spacial score (nSPS) is 13.2. The molecule has 0 saturated heterocycles. The summed E-state index contributed by atoms with van der Waals surface area (Å²) < 4.78 is 39.5. The van der Waals surface area contributed by atoms with Crippen molar-refractivity contribution in [1.29, 1.82) is 0 Å². The van der Waals surface area contributed by atoms with Gasteiger partial charge in [0.15, 0.2) is 27.2 Å². The van der Waals surface area contributed by atoms with Crippen LogP contribution in [0.4, 0.5) is 0 Å². The zero-order chi connectivity index (χ0) is 25.9. The Kier molecular flexibility index (Phi) is 7.40. The Morgan fingerprint density at radius 3 is 2.31 bits per heavy atom. The number of ether oxygens (including phenoxy) is 2. The molecule has 0 aromatic carbocycles. The van der Waals surface area contributed by atoms with Crippen molar-refractivity contribution < 1.29 is 17.9 Å². The summed E-state index contributed by atoms with van der Waals surface area (Å²) in [6.45, 7) is 3.38. The van der Waals surface area contributed by atoms with E-state index in [1.165, 1.54) is 37.5 Å². The lowest BCUT2D eigenvalue weighted by molar-refractivity contribution is 0.368. The van der Waals surface area contributed by atoms with Gasteiger partial charge >= 0.3 is 0 Å². The van der Waals surface area contributed by atoms with Crippen molar-refractivity contribution in [3.63, 3.8) is 0 Å². The number of methoxy groups -OCH3 is 2. The molecular formula is C22H23ClN8O4S. The first-order valence-electron chi connectivity index (χ1n) is 10.7. The van der Waals surface area contributed by atoms with Crippen LogP contribution in [-0.2, 0) is 15.6 Å². The van der Waals surface area contributed by atoms with Gasteiger partial charge in [-0.2, -0.15) is 9.97 Å². The van der Waals surface area contributed by atoms with Crippen molar-refractivity contribution in [3.8, 4) is 28.8 Å². The van der Waals surface area contributed by atoms with Crippen molar-refractivity contribution in [2.45, 2.75) is 30.8 Å². The summed E-state index contributed by atoms with van der Waals surface area (Å²) in [4.78, 5) is 20.7. The van der Waals surface area contributed by atoms with E-state index in [1.54, 1.807) is 38.4 Å². The van der Waals surface area contributed by atoms with E-state index in [0.29, 0.717) is 17.1 Å². The molecule has 0 aliphatic carbocycles. The number of sulfone groups is 1. The van der Waals surface area contributed by atoms with Gasteiger partial charge in [-0.25, -0.2) is 13.4 Å². The van der Waals surface area contributed by atoms with Crippen LogP contribution < -0.4 is 9.47 Å². The van der Waals surface area contributed by atoms with E-state index in [4.69, 9.17) is 21.1 Å². The topological polar surface area (TPSA) is 148 Å². The zero-order valence-electron chi connectivity index (χ0n) is 19.9. The van der Waals surface area contributed by atoms with Gasteiger partial charge < -0.3 is 9.47 Å². The lowest BCUT2D eigenvalue weighted by Gasteiger charge is -2.20. The predicted octanol–water partition coefficient (Wildman–Crippen LogP) is 2.69. The van der Waals surface area contributed by atoms with Gasteiger partial charge in [0.2, 0.25) is 11.8 Å². The summed E-state index contributed by atoms with van der Waals surface area (Å²) in [7, 11) is -0.897. The first-order chi connectivity index (χ1) is 17.3. The van der Waals surface area contributed by atoms with E-state index < -0.39 is 26.8 Å². The third-order valence-corrected chi connectivity index (χ3v) is 8.12. The van der Waals surface area contributed by atoms with E-state index >= 15 is 0 Å². The molecule has 0 saturated carbocycles. The summed E-state index contributed by atoms with van der Waals surface area (Å²) in [5.41, 5.74) is 1.37. The molecule has 0 spiro atoms. The Bertz CT molecular complexity index is 1430. The van der Waals surface area contributed by atoms with Gasteiger partial charge in [-0.3, -0.25) is 14.5 Å². The molecule has 0 aliphatic heterocycles. The largest absolute Gasteiger partial charge is 0.479 e. The standard InChI is InChI=1S/C22H23ClN8O4S/c1-13(16-9-26-17(23)10-25-16)14(2)36(32,33)11-18-29-30-20(15-6-5-7-24-8-15)31(18)19-21(34-3)27-12-28-22(19)35-4/h5-10,12-14H,11H2,1-4H3/t13-,14-/m0/s1. The third-order valence-electron chi connectivity index (χ3n) is 5.72. The lowest BCUT2D eigenvalue weighted by atomic mass is 10.1. The van der Waals surface area contributed by atoms with Crippen LogP contribution in [-0.4, -0.2) is 67.6 Å². The van der Waals surface area contributed by atoms with Crippen molar-refractivity contribution in [3.05, 3.63) is 59.9 Å². The average Bonchev–Trinajstić information content (AvgIpc) is 3.30. The Hall–Kier alpha value is -3.71. The van der Waals surface area contributed by atoms with E-state index in [2.05, 4.69) is 35.1 Å². The molecule has 0 aliphatic rings. The van der Waals surface area contributed by atoms with Gasteiger partial charge in [0.05, 0.1) is 37.6 Å². The summed E-state index contributed by atoms with van der Waals surface area (Å²) in [5.74, 6) is -0.135. The molecule has 36 heavy (non-hydrogen) atoms. The number of halogens is 1. The third kappa shape index (κ3) is 4.97. The Labute approximate surface area is 212 Å². The molecule has 0 bridgehead atoms. The molecule has 4 aromatic heterocycles. The minimum atomic E-state index is -3.77. The van der Waals surface area contributed by atoms with E-state index in [1.807, 2.05) is 0 Å². The summed E-state index contributed by atoms with van der Waals surface area (Å²) in [6, 6.07) is 3.51. The minimum Gasteiger partial charge on any atom is -0.479 e. The molecule has 4 heterocycles. The van der Waals surface area contributed by atoms with Crippen molar-refractivity contribution >= 4 is 21.4 Å². The van der Waals surface area contributed by atoms with E-state index in [-0.39, 0.29) is 28.4 Å². The smallest absolute Gasteiger partial charge is 0.245 e. The molecule has 0 unspecified atom stereocenters. The van der Waals surface area contributed by atoms with Crippen LogP contribution in [0.15, 0.2) is 43.2 Å². The Balaban J connectivity index is 1.81. The second kappa shape index (κ2) is 10.5. The lowest BCUT2D eigenvalue weighted by Crippen LogP contribution is -2.27. The van der Waals surface area contributed by atoms with Crippen LogP contribution in [0.1, 0.15) is 31.3 Å². The zero-order valence-corrected chi connectivity index (χ0v) is 21.5. The van der Waals surface area contributed by atoms with Crippen LogP contribution in [0.2, 0.25) is 5.15 Å². The highest BCUT2D eigenvalue weighted by molar-refractivity contribution is 7.91. The summed E-state index contributed by atoms with van der Waals surface area (Å²) in [5, 5.41) is 7.90. The van der Waals surface area contributed by atoms with E-state index in [9.17, 15) is 8.42 Å². The minimum absolute atomic E-state index is 0.126. The van der Waals surface area contributed by atoms with E-state index in [0.717, 1.165) is 0 Å². The predicted molar refractivity (Wildman–Crippen MR) is 131 cm³/mol. The molecule has 0 amide bonds. The van der Waals surface area contributed by atoms with Crippen LogP contribution in [0.5, 0.6) is 11.8 Å². The van der Waals surface area contributed by atoms with Crippen molar-refractivity contribution in [2.24, 2.45) is 0 Å². The SMILES string of the molecule is COc1ncnc(OC)c1-n1c(CS(=O)(=O)[C@@H](C)[C@H](C)c2cnc(Cl)cn2)nnc1-c1cccnc1. The van der Waals surface area contributed by atoms with Gasteiger partial charge in [0.25, 0.3) is 0 Å². The van der Waals surface area contributed by atoms with Gasteiger partial charge in [0, 0.05) is 23.9 Å². The maximum absolute atomic E-state index is 13.6. The number of rotatable bonds is 9. The van der Waals surface area contributed by atoms with Crippen LogP contribution in [0.25, 0.3) is 17.1 Å². The highest BCUT2D eigenvalue weighted by Gasteiger charge is 2.33. The molecule has 14 heteroatoms. The molecule has 12 nitrogen and oxygen atoms in total. The van der Waals surface area contributed by atoms with Crippen LogP contribution >= 0.6 is 11.6 Å². The highest BCUT2D eigenvalue weighted by atomic mass is 35.5. The monoisotopic (exact) mass is 530 g/mol. The fraction of sp³-hybridized carbons (Fsp3) is 0.318. The summed E-state index contributed by atoms with van der Waals surface area (Å²) >= 11 is 5.83. The molecule has 4 rings (SSSR count). The van der Waals surface area contributed by atoms with Crippen molar-refractivity contribution in [2.75, 3.05) is 14.2 Å². The average molecular weight is 531 g/mol. The fourth-order valence-corrected chi connectivity index (χ4v) is 5.25. The fourth-order valence-electron chi connectivity index (χ4n) is 3.58. The number of nitrogens with zero attached hydrogens (tertiary/aromatic N) is 8. The van der Waals surface area contributed by atoms with Crippen LogP contribution in [0.3, 0.4) is 0 Å². The number of pyridine rings is 1. The molecule has 4 aromatic rings. The van der Waals surface area contributed by atoms with Gasteiger partial charge in [-0.15, -0.1) is 10.2 Å². The maximum Gasteiger partial charge on any atom is 0.245 e. The first kappa shape index (κ1) is 25.4. The Morgan fingerprint density at radius 1 is 1.00 bits per heavy atom. The Morgan fingerprint density at radius 2 is 1.72 bits per heavy atom. The quantitative estimate of drug-likeness (QED) is 0.314. The molecule has 0 N–H and O–H groups in total. The van der Waals surface area contributed by atoms with Crippen molar-refractivity contribution in [1.82, 2.24) is 39.7 Å². The number of hydrogen-bond donors (Lipinski definition) is 0.